The van der Waals surface area contributed by atoms with Crippen molar-refractivity contribution in [1.29, 1.82) is 0 Å². The summed E-state index contributed by atoms with van der Waals surface area (Å²) in [5.74, 6) is -1.87. The second-order valence-corrected chi connectivity index (χ2v) is 10.3. The summed E-state index contributed by atoms with van der Waals surface area (Å²) in [6, 6.07) is 10.9. The average molecular weight is 499 g/mol. The fraction of sp³-hybridized carbons (Fsp3) is 0.481. The summed E-state index contributed by atoms with van der Waals surface area (Å²) in [4.78, 5) is 49.1. The van der Waals surface area contributed by atoms with E-state index in [0.717, 1.165) is 42.5 Å². The van der Waals surface area contributed by atoms with Crippen LogP contribution in [0.25, 0.3) is 0 Å². The Kier molecular flexibility index (Phi) is 9.60. The topological polar surface area (TPSA) is 113 Å². The molecule has 2 atom stereocenters. The molecule has 1 aromatic carbocycles. The Morgan fingerprint density at radius 3 is 2.43 bits per heavy atom. The number of carbonyl (C=O) groups excluding carboxylic acids is 3. The predicted molar refractivity (Wildman–Crippen MR) is 135 cm³/mol. The first-order valence-electron chi connectivity index (χ1n) is 12.2. The molecule has 1 aliphatic rings. The van der Waals surface area contributed by atoms with Crippen molar-refractivity contribution >= 4 is 35.4 Å². The summed E-state index contributed by atoms with van der Waals surface area (Å²) >= 11 is 1.46. The highest BCUT2D eigenvalue weighted by Crippen LogP contribution is 2.41. The van der Waals surface area contributed by atoms with Gasteiger partial charge in [-0.2, -0.15) is 0 Å². The summed E-state index contributed by atoms with van der Waals surface area (Å²) in [5.41, 5.74) is 1.80. The normalized spacial score (nSPS) is 16.3. The maximum absolute atomic E-state index is 13.2. The molecule has 2 aromatic rings. The molecule has 0 aliphatic heterocycles. The lowest BCUT2D eigenvalue weighted by Crippen LogP contribution is -2.43. The van der Waals surface area contributed by atoms with E-state index in [4.69, 9.17) is 5.11 Å². The minimum absolute atomic E-state index is 0.0777. The van der Waals surface area contributed by atoms with Crippen molar-refractivity contribution in [3.63, 3.8) is 0 Å². The summed E-state index contributed by atoms with van der Waals surface area (Å²) in [7, 11) is 0. The molecule has 188 valence electrons. The molecule has 3 rings (SSSR count). The third kappa shape index (κ3) is 7.01. The lowest BCUT2D eigenvalue weighted by molar-refractivity contribution is -0.139. The van der Waals surface area contributed by atoms with Gasteiger partial charge in [0.25, 0.3) is 0 Å². The Morgan fingerprint density at radius 1 is 1.11 bits per heavy atom. The van der Waals surface area contributed by atoms with Gasteiger partial charge in [0.2, 0.25) is 11.8 Å². The minimum atomic E-state index is -1.14. The molecule has 0 radical (unpaired) electrons. The van der Waals surface area contributed by atoms with Crippen LogP contribution in [0.1, 0.15) is 73.3 Å². The predicted octanol–water partition coefficient (Wildman–Crippen LogP) is 4.10. The standard InChI is InChI=1S/C27H34N2O5S/c1-19-9-11-20(12-10-19)27(13-3-4-14-27)26(34)28-15-5-2-7-22(23-8-6-16-35-23)25(33)29-21(18-30)17-24(31)32/h6,8-12,16,18,21-22H,2-5,7,13-15,17H2,1H3,(H,28,34)(H,29,33)(H,31,32)/t21-,22?/m1/s1. The molecule has 0 saturated heterocycles. The van der Waals surface area contributed by atoms with Crippen molar-refractivity contribution in [2.24, 2.45) is 0 Å². The monoisotopic (exact) mass is 498 g/mol. The van der Waals surface area contributed by atoms with Gasteiger partial charge in [0.1, 0.15) is 6.29 Å². The molecule has 0 spiro atoms. The van der Waals surface area contributed by atoms with Crippen LogP contribution in [0.3, 0.4) is 0 Å². The molecule has 1 unspecified atom stereocenters. The average Bonchev–Trinajstić information content (AvgIpc) is 3.54. The minimum Gasteiger partial charge on any atom is -0.481 e. The number of nitrogens with one attached hydrogen (secondary N) is 2. The number of aliphatic carboxylic acids is 1. The van der Waals surface area contributed by atoms with E-state index >= 15 is 0 Å². The van der Waals surface area contributed by atoms with Crippen LogP contribution in [-0.4, -0.2) is 41.8 Å². The highest BCUT2D eigenvalue weighted by Gasteiger charge is 2.42. The number of amides is 2. The Morgan fingerprint density at radius 2 is 1.83 bits per heavy atom. The third-order valence-corrected chi connectivity index (χ3v) is 7.78. The summed E-state index contributed by atoms with van der Waals surface area (Å²) < 4.78 is 0. The van der Waals surface area contributed by atoms with Gasteiger partial charge in [0, 0.05) is 11.4 Å². The summed E-state index contributed by atoms with van der Waals surface area (Å²) in [5, 5.41) is 16.5. The van der Waals surface area contributed by atoms with E-state index in [-0.39, 0.29) is 11.8 Å². The van der Waals surface area contributed by atoms with E-state index in [1.165, 1.54) is 16.9 Å². The molecule has 3 N–H and O–H groups in total. The number of carboxylic acids is 1. The zero-order valence-electron chi connectivity index (χ0n) is 20.1. The maximum atomic E-state index is 13.2. The van der Waals surface area contributed by atoms with Gasteiger partial charge in [-0.3, -0.25) is 14.4 Å². The van der Waals surface area contributed by atoms with Gasteiger partial charge in [-0.1, -0.05) is 55.2 Å². The number of thiophene rings is 1. The fourth-order valence-corrected chi connectivity index (χ4v) is 5.70. The highest BCUT2D eigenvalue weighted by atomic mass is 32.1. The molecule has 8 heteroatoms. The number of carbonyl (C=O) groups is 4. The molecule has 35 heavy (non-hydrogen) atoms. The number of hydrogen-bond acceptors (Lipinski definition) is 5. The lowest BCUT2D eigenvalue weighted by atomic mass is 9.77. The summed E-state index contributed by atoms with van der Waals surface area (Å²) in [6.45, 7) is 2.57. The molecular formula is C27H34N2O5S. The van der Waals surface area contributed by atoms with Crippen molar-refractivity contribution in [3.8, 4) is 0 Å². The first-order chi connectivity index (χ1) is 16.9. The number of hydrogen-bond donors (Lipinski definition) is 3. The lowest BCUT2D eigenvalue weighted by Gasteiger charge is -2.28. The van der Waals surface area contributed by atoms with Crippen LogP contribution >= 0.6 is 11.3 Å². The smallest absolute Gasteiger partial charge is 0.305 e. The van der Waals surface area contributed by atoms with Crippen LogP contribution < -0.4 is 10.6 Å². The van der Waals surface area contributed by atoms with E-state index in [2.05, 4.69) is 34.9 Å². The molecule has 1 fully saturated rings. The van der Waals surface area contributed by atoms with Gasteiger partial charge in [-0.15, -0.1) is 11.3 Å². The van der Waals surface area contributed by atoms with Crippen LogP contribution in [0.2, 0.25) is 0 Å². The molecule has 1 heterocycles. The molecule has 1 aromatic heterocycles. The number of unbranched alkanes of at least 4 members (excludes halogenated alkanes) is 1. The molecular weight excluding hydrogens is 464 g/mol. The second-order valence-electron chi connectivity index (χ2n) is 9.32. The van der Waals surface area contributed by atoms with Crippen molar-refractivity contribution in [2.45, 2.75) is 75.7 Å². The molecule has 7 nitrogen and oxygen atoms in total. The second kappa shape index (κ2) is 12.6. The van der Waals surface area contributed by atoms with Crippen molar-refractivity contribution in [1.82, 2.24) is 10.6 Å². The first-order valence-corrected chi connectivity index (χ1v) is 13.1. The summed E-state index contributed by atoms with van der Waals surface area (Å²) in [6.07, 6.45) is 5.79. The SMILES string of the molecule is Cc1ccc(C2(C(=O)NCCCCC(C(=O)N[C@@H](C=O)CC(=O)O)c3cccs3)CCCC2)cc1. The quantitative estimate of drug-likeness (QED) is 0.284. The number of rotatable bonds is 13. The molecule has 2 amide bonds. The van der Waals surface area contributed by atoms with E-state index in [9.17, 15) is 19.2 Å². The Labute approximate surface area is 210 Å². The van der Waals surface area contributed by atoms with Crippen molar-refractivity contribution < 1.29 is 24.3 Å². The van der Waals surface area contributed by atoms with Crippen LogP contribution in [0.5, 0.6) is 0 Å². The van der Waals surface area contributed by atoms with Gasteiger partial charge < -0.3 is 20.5 Å². The number of carboxylic acid groups (broad SMARTS) is 1. The van der Waals surface area contributed by atoms with Crippen LogP contribution in [0, 0.1) is 6.92 Å². The van der Waals surface area contributed by atoms with Gasteiger partial charge in [-0.05, 0) is 49.6 Å². The highest BCUT2D eigenvalue weighted by molar-refractivity contribution is 7.10. The number of benzene rings is 1. The Hall–Kier alpha value is -3.00. The van der Waals surface area contributed by atoms with Gasteiger partial charge in [0.15, 0.2) is 0 Å². The van der Waals surface area contributed by atoms with Gasteiger partial charge in [-0.25, -0.2) is 0 Å². The van der Waals surface area contributed by atoms with Crippen LogP contribution in [0.4, 0.5) is 0 Å². The Bertz CT molecular complexity index is 997. The maximum Gasteiger partial charge on any atom is 0.305 e. The van der Waals surface area contributed by atoms with Crippen LogP contribution in [0.15, 0.2) is 41.8 Å². The van der Waals surface area contributed by atoms with Crippen molar-refractivity contribution in [3.05, 3.63) is 57.8 Å². The molecule has 1 aliphatic carbocycles. The third-order valence-electron chi connectivity index (χ3n) is 6.79. The van der Waals surface area contributed by atoms with Crippen molar-refractivity contribution in [2.75, 3.05) is 6.54 Å². The van der Waals surface area contributed by atoms with E-state index < -0.39 is 29.8 Å². The zero-order chi connectivity index (χ0) is 25.3. The molecule has 1 saturated carbocycles. The number of aldehydes is 1. The van der Waals surface area contributed by atoms with E-state index in [1.807, 2.05) is 24.4 Å². The van der Waals surface area contributed by atoms with E-state index in [0.29, 0.717) is 25.7 Å². The van der Waals surface area contributed by atoms with E-state index in [1.54, 1.807) is 0 Å². The first kappa shape index (κ1) is 26.6. The Balaban J connectivity index is 1.54. The van der Waals surface area contributed by atoms with Gasteiger partial charge in [0.05, 0.1) is 23.8 Å². The molecule has 0 bridgehead atoms. The largest absolute Gasteiger partial charge is 0.481 e. The zero-order valence-corrected chi connectivity index (χ0v) is 20.9. The fourth-order valence-electron chi connectivity index (χ4n) is 4.84. The van der Waals surface area contributed by atoms with Crippen LogP contribution in [-0.2, 0) is 24.6 Å². The number of aryl methyl sites for hydroxylation is 1. The van der Waals surface area contributed by atoms with Gasteiger partial charge >= 0.3 is 5.97 Å².